The predicted molar refractivity (Wildman–Crippen MR) is 89.2 cm³/mol. The summed E-state index contributed by atoms with van der Waals surface area (Å²) in [5, 5.41) is 0. The molecule has 4 amide bonds. The van der Waals surface area contributed by atoms with Gasteiger partial charge in [0.25, 0.3) is 0 Å². The van der Waals surface area contributed by atoms with Gasteiger partial charge in [-0.1, -0.05) is 6.08 Å². The fraction of sp³-hybridized carbons (Fsp3) is 0.688. The van der Waals surface area contributed by atoms with E-state index in [1.54, 1.807) is 6.92 Å². The molecule has 0 aromatic heterocycles. The Balaban J connectivity index is 2.39. The maximum absolute atomic E-state index is 12.7. The number of carbonyl (C=O) groups excluding carboxylic acids is 3. The number of rotatable bonds is 3. The van der Waals surface area contributed by atoms with Crippen molar-refractivity contribution >= 4 is 26.2 Å². The number of urea groups is 1. The zero-order valence-corrected chi connectivity index (χ0v) is 15.8. The Hall–Kier alpha value is -1.47. The van der Waals surface area contributed by atoms with Crippen LogP contribution in [0.5, 0.6) is 0 Å². The molecule has 1 aliphatic carbocycles. The van der Waals surface area contributed by atoms with Crippen LogP contribution in [-0.2, 0) is 14.0 Å². The molecule has 0 aromatic rings. The van der Waals surface area contributed by atoms with Gasteiger partial charge in [0.1, 0.15) is 5.41 Å². The molecule has 0 bridgehead atoms. The molecule has 0 aromatic carbocycles. The molecule has 1 unspecified atom stereocenters. The molecule has 1 saturated heterocycles. The maximum Gasteiger partial charge on any atom is 0.332 e. The van der Waals surface area contributed by atoms with Gasteiger partial charge in [0.2, 0.25) is 11.8 Å². The molecule has 2 aliphatic rings. The quantitative estimate of drug-likeness (QED) is 0.450. The molecule has 1 heterocycles. The molecule has 7 heteroatoms. The van der Waals surface area contributed by atoms with Crippen molar-refractivity contribution in [1.29, 1.82) is 0 Å². The molecule has 0 radical (unpaired) electrons. The van der Waals surface area contributed by atoms with E-state index in [1.807, 2.05) is 6.08 Å². The highest BCUT2D eigenvalue weighted by Gasteiger charge is 2.54. The second-order valence-electron chi connectivity index (χ2n) is 7.49. The van der Waals surface area contributed by atoms with E-state index < -0.39 is 31.6 Å². The van der Waals surface area contributed by atoms with Crippen LogP contribution in [0, 0.1) is 5.41 Å². The monoisotopic (exact) mass is 338 g/mol. The average Bonchev–Trinajstić information content (AvgIpc) is 2.47. The maximum atomic E-state index is 12.7. The lowest BCUT2D eigenvalue weighted by atomic mass is 9.73. The molecule has 0 saturated carbocycles. The molecule has 1 aliphatic heterocycles. The fourth-order valence-electron chi connectivity index (χ4n) is 3.28. The highest BCUT2D eigenvalue weighted by molar-refractivity contribution is 6.69. The first-order chi connectivity index (χ1) is 10.5. The van der Waals surface area contributed by atoms with E-state index in [9.17, 15) is 14.4 Å². The molecule has 1 fully saturated rings. The largest absolute Gasteiger partial charge is 0.411 e. The molecule has 2 rings (SSSR count). The molecule has 23 heavy (non-hydrogen) atoms. The lowest BCUT2D eigenvalue weighted by Gasteiger charge is -2.42. The molecule has 0 N–H and O–H groups in total. The summed E-state index contributed by atoms with van der Waals surface area (Å²) in [6.45, 7) is 7.98. The number of nitrogens with zero attached hydrogens (tertiary/aromatic N) is 2. The van der Waals surface area contributed by atoms with E-state index >= 15 is 0 Å². The Kier molecular flexibility index (Phi) is 4.56. The lowest BCUT2D eigenvalue weighted by molar-refractivity contribution is -0.153. The third-order valence-electron chi connectivity index (χ3n) is 4.51. The minimum absolute atomic E-state index is 0.0592. The van der Waals surface area contributed by atoms with E-state index in [2.05, 4.69) is 19.6 Å². The van der Waals surface area contributed by atoms with Crippen molar-refractivity contribution in [2.24, 2.45) is 5.41 Å². The second kappa shape index (κ2) is 5.87. The number of barbiturate groups is 1. The van der Waals surface area contributed by atoms with Crippen LogP contribution < -0.4 is 0 Å². The van der Waals surface area contributed by atoms with E-state index in [4.69, 9.17) is 4.43 Å². The minimum atomic E-state index is -1.71. The van der Waals surface area contributed by atoms with Crippen LogP contribution in [-0.4, -0.2) is 56.2 Å². The SMILES string of the molecule is CN1C(=O)N(C)C(=O)C(C)(C2=CC(O[Si](C)(C)C)CCC2)C1=O. The van der Waals surface area contributed by atoms with Gasteiger partial charge in [-0.25, -0.2) is 4.79 Å². The highest BCUT2D eigenvalue weighted by Crippen LogP contribution is 2.40. The number of amides is 4. The van der Waals surface area contributed by atoms with Gasteiger partial charge in [-0.3, -0.25) is 19.4 Å². The Labute approximate surface area is 138 Å². The molecular formula is C16H26N2O4Si. The van der Waals surface area contributed by atoms with Crippen molar-refractivity contribution in [3.63, 3.8) is 0 Å². The zero-order valence-electron chi connectivity index (χ0n) is 14.8. The van der Waals surface area contributed by atoms with Gasteiger partial charge in [0.15, 0.2) is 8.32 Å². The van der Waals surface area contributed by atoms with Crippen LogP contribution in [0.2, 0.25) is 19.6 Å². The summed E-state index contributed by atoms with van der Waals surface area (Å²) in [5.74, 6) is -0.906. The van der Waals surface area contributed by atoms with Crippen molar-refractivity contribution in [3.8, 4) is 0 Å². The zero-order chi connectivity index (χ0) is 17.6. The van der Waals surface area contributed by atoms with E-state index in [1.165, 1.54) is 14.1 Å². The first-order valence-electron chi connectivity index (χ1n) is 7.97. The van der Waals surface area contributed by atoms with Gasteiger partial charge in [-0.15, -0.1) is 0 Å². The van der Waals surface area contributed by atoms with Crippen molar-refractivity contribution in [2.75, 3.05) is 14.1 Å². The van der Waals surface area contributed by atoms with Crippen LogP contribution >= 0.6 is 0 Å². The van der Waals surface area contributed by atoms with Crippen molar-refractivity contribution in [3.05, 3.63) is 11.6 Å². The number of carbonyl (C=O) groups is 3. The molecule has 1 atom stereocenters. The second-order valence-corrected chi connectivity index (χ2v) is 11.9. The molecule has 6 nitrogen and oxygen atoms in total. The highest BCUT2D eigenvalue weighted by atomic mass is 28.4. The Morgan fingerprint density at radius 2 is 1.65 bits per heavy atom. The van der Waals surface area contributed by atoms with Crippen LogP contribution in [0.1, 0.15) is 26.2 Å². The first kappa shape index (κ1) is 17.9. The third-order valence-corrected chi connectivity index (χ3v) is 5.52. The van der Waals surface area contributed by atoms with Crippen molar-refractivity contribution in [1.82, 2.24) is 9.80 Å². The average molecular weight is 338 g/mol. The number of hydrogen-bond acceptors (Lipinski definition) is 4. The number of imide groups is 2. The van der Waals surface area contributed by atoms with Gasteiger partial charge >= 0.3 is 6.03 Å². The first-order valence-corrected chi connectivity index (χ1v) is 11.4. The van der Waals surface area contributed by atoms with Gasteiger partial charge < -0.3 is 4.43 Å². The molecule has 128 valence electrons. The summed E-state index contributed by atoms with van der Waals surface area (Å²) in [7, 11) is 1.13. The van der Waals surface area contributed by atoms with Gasteiger partial charge in [0.05, 0.1) is 6.10 Å². The summed E-state index contributed by atoms with van der Waals surface area (Å²) >= 11 is 0. The lowest BCUT2D eigenvalue weighted by Crippen LogP contribution is -2.62. The van der Waals surface area contributed by atoms with E-state index in [0.29, 0.717) is 6.42 Å². The van der Waals surface area contributed by atoms with Crippen LogP contribution in [0.3, 0.4) is 0 Å². The summed E-state index contributed by atoms with van der Waals surface area (Å²) in [6, 6.07) is -0.580. The normalized spacial score (nSPS) is 25.7. The van der Waals surface area contributed by atoms with Crippen molar-refractivity contribution in [2.45, 2.75) is 51.9 Å². The topological polar surface area (TPSA) is 66.9 Å². The fourth-order valence-corrected chi connectivity index (χ4v) is 4.38. The Morgan fingerprint density at radius 3 is 2.13 bits per heavy atom. The van der Waals surface area contributed by atoms with Gasteiger partial charge in [-0.05, 0) is 51.4 Å². The standard InChI is InChI=1S/C16H26N2O4Si/c1-16(13(19)17(2)15(21)18(3)14(16)20)11-8-7-9-12(10-11)22-23(4,5)6/h10,12H,7-9H2,1-6H3. The van der Waals surface area contributed by atoms with Gasteiger partial charge in [-0.2, -0.15) is 0 Å². The summed E-state index contributed by atoms with van der Waals surface area (Å²) in [6.07, 6.45) is 4.33. The van der Waals surface area contributed by atoms with E-state index in [0.717, 1.165) is 28.2 Å². The number of hydrogen-bond donors (Lipinski definition) is 0. The summed E-state index contributed by atoms with van der Waals surface area (Å²) in [4.78, 5) is 39.4. The van der Waals surface area contributed by atoms with E-state index in [-0.39, 0.29) is 6.10 Å². The Morgan fingerprint density at radius 1 is 1.13 bits per heavy atom. The van der Waals surface area contributed by atoms with Crippen LogP contribution in [0.4, 0.5) is 4.79 Å². The predicted octanol–water partition coefficient (Wildman–Crippen LogP) is 2.37. The molecular weight excluding hydrogens is 312 g/mol. The summed E-state index contributed by atoms with van der Waals surface area (Å²) < 4.78 is 6.14. The van der Waals surface area contributed by atoms with Crippen LogP contribution in [0.25, 0.3) is 0 Å². The minimum Gasteiger partial charge on any atom is -0.411 e. The molecule has 0 spiro atoms. The van der Waals surface area contributed by atoms with Crippen LogP contribution in [0.15, 0.2) is 11.6 Å². The van der Waals surface area contributed by atoms with Crippen molar-refractivity contribution < 1.29 is 18.8 Å². The third kappa shape index (κ3) is 3.12. The van der Waals surface area contributed by atoms with Gasteiger partial charge in [0, 0.05) is 14.1 Å². The summed E-state index contributed by atoms with van der Waals surface area (Å²) in [5.41, 5.74) is -0.535. The Bertz CT molecular complexity index is 555. The smallest absolute Gasteiger partial charge is 0.332 e.